The van der Waals surface area contributed by atoms with Crippen molar-refractivity contribution in [2.45, 2.75) is 25.0 Å². The van der Waals surface area contributed by atoms with E-state index in [1.54, 1.807) is 47.4 Å². The SMILES string of the molecule is O=C(C(O)c1ccccc1)N1CCC(Nc2ccccc2F)CC1. The number of hydrogen-bond acceptors (Lipinski definition) is 3. The van der Waals surface area contributed by atoms with Gasteiger partial charge in [-0.05, 0) is 30.5 Å². The molecular weight excluding hydrogens is 307 g/mol. The van der Waals surface area contributed by atoms with Crippen LogP contribution < -0.4 is 5.32 Å². The molecule has 24 heavy (non-hydrogen) atoms. The number of anilines is 1. The third-order valence-corrected chi connectivity index (χ3v) is 4.39. The average molecular weight is 328 g/mol. The molecule has 0 aliphatic carbocycles. The zero-order valence-electron chi connectivity index (χ0n) is 13.4. The van der Waals surface area contributed by atoms with Crippen molar-refractivity contribution in [3.63, 3.8) is 0 Å². The molecule has 1 atom stereocenters. The Balaban J connectivity index is 1.55. The maximum absolute atomic E-state index is 13.7. The van der Waals surface area contributed by atoms with E-state index in [2.05, 4.69) is 5.32 Å². The minimum atomic E-state index is -1.12. The predicted octanol–water partition coefficient (Wildman–Crippen LogP) is 2.96. The highest BCUT2D eigenvalue weighted by atomic mass is 19.1. The van der Waals surface area contributed by atoms with Gasteiger partial charge in [-0.3, -0.25) is 4.79 Å². The molecule has 1 aliphatic heterocycles. The number of benzene rings is 2. The number of nitrogens with one attached hydrogen (secondary N) is 1. The number of carbonyl (C=O) groups is 1. The molecule has 0 saturated carbocycles. The zero-order chi connectivity index (χ0) is 16.9. The summed E-state index contributed by atoms with van der Waals surface area (Å²) in [5.74, 6) is -0.541. The van der Waals surface area contributed by atoms with Gasteiger partial charge >= 0.3 is 0 Å². The summed E-state index contributed by atoms with van der Waals surface area (Å²) in [4.78, 5) is 14.1. The Morgan fingerprint density at radius 3 is 2.38 bits per heavy atom. The summed E-state index contributed by atoms with van der Waals surface area (Å²) < 4.78 is 13.7. The third-order valence-electron chi connectivity index (χ3n) is 4.39. The maximum atomic E-state index is 13.7. The molecule has 5 heteroatoms. The number of likely N-dealkylation sites (tertiary alicyclic amines) is 1. The van der Waals surface area contributed by atoms with Crippen LogP contribution in [0.2, 0.25) is 0 Å². The molecule has 3 rings (SSSR count). The minimum absolute atomic E-state index is 0.125. The minimum Gasteiger partial charge on any atom is -0.380 e. The molecule has 1 unspecified atom stereocenters. The van der Waals surface area contributed by atoms with Gasteiger partial charge in [0.25, 0.3) is 5.91 Å². The summed E-state index contributed by atoms with van der Waals surface area (Å²) in [6.07, 6.45) is 0.325. The number of para-hydroxylation sites is 1. The number of piperidine rings is 1. The van der Waals surface area contributed by atoms with E-state index >= 15 is 0 Å². The van der Waals surface area contributed by atoms with Crippen molar-refractivity contribution in [3.05, 3.63) is 66.0 Å². The van der Waals surface area contributed by atoms with Crippen molar-refractivity contribution in [1.82, 2.24) is 4.90 Å². The molecule has 0 bridgehead atoms. The maximum Gasteiger partial charge on any atom is 0.256 e. The molecule has 1 amide bonds. The lowest BCUT2D eigenvalue weighted by Crippen LogP contribution is -2.44. The highest BCUT2D eigenvalue weighted by Gasteiger charge is 2.28. The van der Waals surface area contributed by atoms with Crippen LogP contribution in [0, 0.1) is 5.82 Å². The van der Waals surface area contributed by atoms with E-state index < -0.39 is 6.10 Å². The second-order valence-electron chi connectivity index (χ2n) is 6.04. The number of halogens is 1. The predicted molar refractivity (Wildman–Crippen MR) is 91.0 cm³/mol. The van der Waals surface area contributed by atoms with Crippen LogP contribution in [-0.4, -0.2) is 35.0 Å². The first-order valence-corrected chi connectivity index (χ1v) is 8.18. The van der Waals surface area contributed by atoms with Crippen LogP contribution in [0.5, 0.6) is 0 Å². The van der Waals surface area contributed by atoms with Crippen molar-refractivity contribution in [3.8, 4) is 0 Å². The van der Waals surface area contributed by atoms with E-state index in [4.69, 9.17) is 0 Å². The van der Waals surface area contributed by atoms with E-state index in [0.717, 1.165) is 12.8 Å². The van der Waals surface area contributed by atoms with Gasteiger partial charge in [0.1, 0.15) is 5.82 Å². The Bertz CT molecular complexity index is 685. The van der Waals surface area contributed by atoms with E-state index in [0.29, 0.717) is 24.3 Å². The van der Waals surface area contributed by atoms with Crippen molar-refractivity contribution in [2.75, 3.05) is 18.4 Å². The lowest BCUT2D eigenvalue weighted by Gasteiger charge is -2.34. The monoisotopic (exact) mass is 328 g/mol. The van der Waals surface area contributed by atoms with E-state index in [-0.39, 0.29) is 17.8 Å². The standard InChI is InChI=1S/C19H21FN2O2/c20-16-8-4-5-9-17(16)21-15-10-12-22(13-11-15)19(24)18(23)14-6-2-1-3-7-14/h1-9,15,18,21,23H,10-13H2. The molecular formula is C19H21FN2O2. The van der Waals surface area contributed by atoms with E-state index in [1.165, 1.54) is 6.07 Å². The molecule has 0 radical (unpaired) electrons. The number of aliphatic hydroxyl groups is 1. The molecule has 1 aliphatic rings. The van der Waals surface area contributed by atoms with Crippen molar-refractivity contribution >= 4 is 11.6 Å². The van der Waals surface area contributed by atoms with Gasteiger partial charge in [-0.25, -0.2) is 4.39 Å². The van der Waals surface area contributed by atoms with Crippen molar-refractivity contribution in [2.24, 2.45) is 0 Å². The molecule has 0 aromatic heterocycles. The van der Waals surface area contributed by atoms with Gasteiger partial charge in [0, 0.05) is 19.1 Å². The molecule has 126 valence electrons. The summed E-state index contributed by atoms with van der Waals surface area (Å²) in [5, 5.41) is 13.4. The largest absolute Gasteiger partial charge is 0.380 e. The Labute approximate surface area is 140 Å². The van der Waals surface area contributed by atoms with Crippen LogP contribution in [0.3, 0.4) is 0 Å². The van der Waals surface area contributed by atoms with Crippen LogP contribution in [-0.2, 0) is 4.79 Å². The highest BCUT2D eigenvalue weighted by Crippen LogP contribution is 2.22. The average Bonchev–Trinajstić information content (AvgIpc) is 2.64. The van der Waals surface area contributed by atoms with Crippen molar-refractivity contribution < 1.29 is 14.3 Å². The van der Waals surface area contributed by atoms with Gasteiger partial charge in [0.2, 0.25) is 0 Å². The number of nitrogens with zero attached hydrogens (tertiary/aromatic N) is 1. The lowest BCUT2D eigenvalue weighted by molar-refractivity contribution is -0.141. The Hall–Kier alpha value is -2.40. The number of rotatable bonds is 4. The normalized spacial score (nSPS) is 16.7. The van der Waals surface area contributed by atoms with Crippen LogP contribution in [0.4, 0.5) is 10.1 Å². The first-order chi connectivity index (χ1) is 11.6. The Kier molecular flexibility index (Phi) is 5.11. The molecule has 2 N–H and O–H groups in total. The van der Waals surface area contributed by atoms with Crippen LogP contribution in [0.15, 0.2) is 54.6 Å². The van der Waals surface area contributed by atoms with Gasteiger partial charge in [0.15, 0.2) is 6.10 Å². The summed E-state index contributed by atoms with van der Waals surface area (Å²) in [5.41, 5.74) is 1.10. The molecule has 2 aromatic rings. The fourth-order valence-corrected chi connectivity index (χ4v) is 2.99. The first-order valence-electron chi connectivity index (χ1n) is 8.18. The molecule has 4 nitrogen and oxygen atoms in total. The molecule has 1 fully saturated rings. The first kappa shape index (κ1) is 16.5. The fourth-order valence-electron chi connectivity index (χ4n) is 2.99. The smallest absolute Gasteiger partial charge is 0.256 e. The summed E-state index contributed by atoms with van der Waals surface area (Å²) in [6, 6.07) is 15.7. The van der Waals surface area contributed by atoms with Crippen LogP contribution >= 0.6 is 0 Å². The molecule has 0 spiro atoms. The summed E-state index contributed by atoms with van der Waals surface area (Å²) in [7, 11) is 0. The van der Waals surface area contributed by atoms with Gasteiger partial charge in [-0.1, -0.05) is 42.5 Å². The van der Waals surface area contributed by atoms with E-state index in [1.807, 2.05) is 6.07 Å². The van der Waals surface area contributed by atoms with Crippen LogP contribution in [0.25, 0.3) is 0 Å². The Morgan fingerprint density at radius 1 is 1.08 bits per heavy atom. The van der Waals surface area contributed by atoms with Crippen molar-refractivity contribution in [1.29, 1.82) is 0 Å². The molecule has 1 saturated heterocycles. The fraction of sp³-hybridized carbons (Fsp3) is 0.316. The number of carbonyl (C=O) groups excluding carboxylic acids is 1. The second kappa shape index (κ2) is 7.45. The highest BCUT2D eigenvalue weighted by molar-refractivity contribution is 5.82. The topological polar surface area (TPSA) is 52.6 Å². The van der Waals surface area contributed by atoms with Gasteiger partial charge in [-0.2, -0.15) is 0 Å². The zero-order valence-corrected chi connectivity index (χ0v) is 13.4. The third kappa shape index (κ3) is 3.74. The number of aliphatic hydroxyl groups excluding tert-OH is 1. The second-order valence-corrected chi connectivity index (χ2v) is 6.04. The molecule has 1 heterocycles. The van der Waals surface area contributed by atoms with E-state index in [9.17, 15) is 14.3 Å². The quantitative estimate of drug-likeness (QED) is 0.907. The molecule has 2 aromatic carbocycles. The summed E-state index contributed by atoms with van der Waals surface area (Å²) >= 11 is 0. The van der Waals surface area contributed by atoms with Crippen LogP contribution in [0.1, 0.15) is 24.5 Å². The number of amides is 1. The lowest BCUT2D eigenvalue weighted by atomic mass is 10.0. The summed E-state index contributed by atoms with van der Waals surface area (Å²) in [6.45, 7) is 1.10. The van der Waals surface area contributed by atoms with Gasteiger partial charge < -0.3 is 15.3 Å². The Morgan fingerprint density at radius 2 is 1.71 bits per heavy atom. The van der Waals surface area contributed by atoms with Gasteiger partial charge in [0.05, 0.1) is 5.69 Å². The number of hydrogen-bond donors (Lipinski definition) is 2. The van der Waals surface area contributed by atoms with Gasteiger partial charge in [-0.15, -0.1) is 0 Å².